The molecule has 3 aliphatic heterocycles. The van der Waals surface area contributed by atoms with Crippen LogP contribution in [0.2, 0.25) is 5.02 Å². The maximum atomic E-state index is 15.2. The summed E-state index contributed by atoms with van der Waals surface area (Å²) in [5.74, 6) is -2.92. The molecule has 16 heteroatoms. The minimum atomic E-state index is -4.85. The molecule has 0 aromatic heterocycles. The van der Waals surface area contributed by atoms with Crippen LogP contribution in [0.4, 0.5) is 22.4 Å². The number of hydrogen-bond acceptors (Lipinski definition) is 6. The molecule has 2 atom stereocenters. The minimum absolute atomic E-state index is 0.0138. The largest absolute Gasteiger partial charge is 0.535 e. The number of amides is 4. The highest BCUT2D eigenvalue weighted by molar-refractivity contribution is 6.32. The zero-order valence-corrected chi connectivity index (χ0v) is 19.1. The molecule has 2 N–H and O–H groups in total. The number of piperidine rings is 1. The van der Waals surface area contributed by atoms with E-state index in [0.717, 1.165) is 4.90 Å². The number of hydrogen-bond donors (Lipinski definition) is 2. The van der Waals surface area contributed by atoms with Crippen molar-refractivity contribution >= 4 is 35.4 Å². The summed E-state index contributed by atoms with van der Waals surface area (Å²) in [5, 5.41) is 4.00. The van der Waals surface area contributed by atoms with Crippen LogP contribution in [0.5, 0.6) is 0 Å². The van der Waals surface area contributed by atoms with Gasteiger partial charge in [0.1, 0.15) is 16.7 Å². The Balaban J connectivity index is 1.38. The van der Waals surface area contributed by atoms with E-state index in [-0.39, 0.29) is 57.4 Å². The molecule has 2 fully saturated rings. The predicted molar refractivity (Wildman–Crippen MR) is 110 cm³/mol. The van der Waals surface area contributed by atoms with Gasteiger partial charge in [0.05, 0.1) is 17.0 Å². The van der Waals surface area contributed by atoms with Gasteiger partial charge in [-0.25, -0.2) is 9.18 Å². The van der Waals surface area contributed by atoms with Gasteiger partial charge in [0.2, 0.25) is 11.8 Å². The standard InChI is InChI=1S/C20H18ClF4N5O6/c21-12-5-9(6-26-19(34)36-8-10-3-4-29(30(10)35)20(23,24)25)16(22)15-11(12)7-28(18(15)33)13-1-2-14(31)27-17(13)32/h5,10,13H,1-4,6-8H2,(H-,26,27,31,32,34)/p+1. The average molecular weight is 537 g/mol. The number of benzene rings is 1. The Morgan fingerprint density at radius 1 is 1.28 bits per heavy atom. The molecule has 194 valence electrons. The lowest BCUT2D eigenvalue weighted by molar-refractivity contribution is -0.752. The number of carbonyl (C=O) groups is 4. The van der Waals surface area contributed by atoms with Gasteiger partial charge in [-0.2, -0.15) is 0 Å². The SMILES string of the molecule is O=C1CCC(N2Cc3c(Cl)cc(CNC(=O)OCC4CCN(C(F)(F)F)[N+]4=O)c(F)c3C2=O)C(=O)N1. The molecule has 36 heavy (non-hydrogen) atoms. The quantitative estimate of drug-likeness (QED) is 0.254. The summed E-state index contributed by atoms with van der Waals surface area (Å²) in [7, 11) is 0. The first-order chi connectivity index (χ1) is 16.9. The number of carbonyl (C=O) groups excluding carboxylic acids is 4. The molecule has 11 nitrogen and oxygen atoms in total. The van der Waals surface area contributed by atoms with E-state index in [0.29, 0.717) is 0 Å². The molecule has 2 saturated heterocycles. The second kappa shape index (κ2) is 9.52. The molecule has 0 saturated carbocycles. The number of fused-ring (bicyclic) bond motifs is 1. The van der Waals surface area contributed by atoms with Crippen LogP contribution in [0.25, 0.3) is 0 Å². The summed E-state index contributed by atoms with van der Waals surface area (Å²) in [6.07, 6.45) is -6.07. The highest BCUT2D eigenvalue weighted by Gasteiger charge is 2.55. The third kappa shape index (κ3) is 4.79. The lowest BCUT2D eigenvalue weighted by Gasteiger charge is -2.29. The summed E-state index contributed by atoms with van der Waals surface area (Å²) >= 11 is 6.22. The Morgan fingerprint density at radius 2 is 2.00 bits per heavy atom. The van der Waals surface area contributed by atoms with Crippen LogP contribution in [-0.4, -0.2) is 70.1 Å². The first-order valence-electron chi connectivity index (χ1n) is 10.7. The molecule has 2 unspecified atom stereocenters. The summed E-state index contributed by atoms with van der Waals surface area (Å²) in [4.78, 5) is 60.9. The molecule has 3 heterocycles. The number of ether oxygens (including phenoxy) is 1. The van der Waals surface area contributed by atoms with E-state index in [9.17, 15) is 37.3 Å². The molecular weight excluding hydrogens is 518 g/mol. The van der Waals surface area contributed by atoms with Gasteiger partial charge >= 0.3 is 12.4 Å². The monoisotopic (exact) mass is 536 g/mol. The van der Waals surface area contributed by atoms with Gasteiger partial charge in [-0.15, -0.1) is 13.2 Å². The highest BCUT2D eigenvalue weighted by Crippen LogP contribution is 2.35. The van der Waals surface area contributed by atoms with E-state index < -0.39 is 67.7 Å². The average Bonchev–Trinajstić information content (AvgIpc) is 3.34. The topological polar surface area (TPSA) is 128 Å². The second-order valence-electron chi connectivity index (χ2n) is 8.37. The summed E-state index contributed by atoms with van der Waals surface area (Å²) in [6.45, 7) is -1.84. The number of halogens is 5. The van der Waals surface area contributed by atoms with Crippen LogP contribution in [0.15, 0.2) is 6.07 Å². The molecule has 4 rings (SSSR count). The van der Waals surface area contributed by atoms with Crippen molar-refractivity contribution in [2.24, 2.45) is 0 Å². The Bertz CT molecular complexity index is 1160. The Hall–Kier alpha value is -3.49. The molecule has 3 aliphatic rings. The maximum Gasteiger partial charge on any atom is 0.535 e. The molecule has 4 amide bonds. The summed E-state index contributed by atoms with van der Waals surface area (Å²) < 4.78 is 58.1. The fourth-order valence-electron chi connectivity index (χ4n) is 4.29. The van der Waals surface area contributed by atoms with Crippen molar-refractivity contribution in [3.63, 3.8) is 0 Å². The van der Waals surface area contributed by atoms with Gasteiger partial charge in [0, 0.05) is 42.1 Å². The van der Waals surface area contributed by atoms with Crippen molar-refractivity contribution in [3.05, 3.63) is 38.5 Å². The van der Waals surface area contributed by atoms with E-state index in [1.54, 1.807) is 0 Å². The number of imide groups is 1. The van der Waals surface area contributed by atoms with Crippen molar-refractivity contribution in [1.82, 2.24) is 20.5 Å². The van der Waals surface area contributed by atoms with Crippen LogP contribution in [0.1, 0.15) is 40.7 Å². The van der Waals surface area contributed by atoms with E-state index in [4.69, 9.17) is 16.3 Å². The van der Waals surface area contributed by atoms with Crippen molar-refractivity contribution in [2.75, 3.05) is 13.2 Å². The van der Waals surface area contributed by atoms with Crippen LogP contribution < -0.4 is 10.6 Å². The zero-order valence-electron chi connectivity index (χ0n) is 18.4. The van der Waals surface area contributed by atoms with Crippen LogP contribution in [0, 0.1) is 10.7 Å². The first kappa shape index (κ1) is 25.6. The molecule has 0 radical (unpaired) electrons. The number of rotatable bonds is 5. The maximum absolute atomic E-state index is 15.2. The number of nitroso groups, excluding NO2 is 1. The Kier molecular flexibility index (Phi) is 6.77. The van der Waals surface area contributed by atoms with Crippen LogP contribution in [0.3, 0.4) is 0 Å². The van der Waals surface area contributed by atoms with Crippen molar-refractivity contribution in [3.8, 4) is 0 Å². The predicted octanol–water partition coefficient (Wildman–Crippen LogP) is 1.75. The number of hydrazine groups is 1. The van der Waals surface area contributed by atoms with Gasteiger partial charge in [-0.3, -0.25) is 19.7 Å². The van der Waals surface area contributed by atoms with Gasteiger partial charge in [0.25, 0.3) is 11.9 Å². The third-order valence-corrected chi connectivity index (χ3v) is 6.47. The van der Waals surface area contributed by atoms with Gasteiger partial charge in [-0.1, -0.05) is 11.6 Å². The molecule has 1 aromatic rings. The smallest absolute Gasteiger partial charge is 0.442 e. The van der Waals surface area contributed by atoms with Crippen molar-refractivity contribution < 1.29 is 46.3 Å². The molecule has 0 bridgehead atoms. The van der Waals surface area contributed by atoms with Crippen LogP contribution in [-0.2, 0) is 27.4 Å². The van der Waals surface area contributed by atoms with Gasteiger partial charge in [0.15, 0.2) is 6.61 Å². The molecule has 1 aromatic carbocycles. The van der Waals surface area contributed by atoms with Gasteiger partial charge in [-0.05, 0) is 17.5 Å². The first-order valence-corrected chi connectivity index (χ1v) is 11.1. The van der Waals surface area contributed by atoms with Gasteiger partial charge < -0.3 is 15.0 Å². The lowest BCUT2D eigenvalue weighted by Crippen LogP contribution is -2.52. The molecule has 0 aliphatic carbocycles. The fourth-order valence-corrected chi connectivity index (χ4v) is 4.58. The lowest BCUT2D eigenvalue weighted by atomic mass is 10.0. The Labute approximate surface area is 205 Å². The van der Waals surface area contributed by atoms with E-state index in [1.165, 1.54) is 6.07 Å². The summed E-state index contributed by atoms with van der Waals surface area (Å²) in [5.41, 5.74) is -0.387. The summed E-state index contributed by atoms with van der Waals surface area (Å²) in [6, 6.07) is -1.02. The molecular formula is C20H19ClF4N5O6+. The number of nitrogens with one attached hydrogen (secondary N) is 2. The number of alkyl halides is 3. The van der Waals surface area contributed by atoms with Crippen LogP contribution >= 0.6 is 11.6 Å². The van der Waals surface area contributed by atoms with Crippen molar-refractivity contribution in [1.29, 1.82) is 0 Å². The second-order valence-corrected chi connectivity index (χ2v) is 8.78. The van der Waals surface area contributed by atoms with E-state index in [1.807, 2.05) is 0 Å². The zero-order chi connectivity index (χ0) is 26.4. The normalized spacial score (nSPS) is 22.1. The van der Waals surface area contributed by atoms with E-state index >= 15 is 4.39 Å². The third-order valence-electron chi connectivity index (χ3n) is 6.13. The minimum Gasteiger partial charge on any atom is -0.442 e. The van der Waals surface area contributed by atoms with E-state index in [2.05, 4.69) is 10.6 Å². The molecule has 0 spiro atoms. The highest BCUT2D eigenvalue weighted by atomic mass is 35.5. The fraction of sp³-hybridized carbons (Fsp3) is 0.500. The Morgan fingerprint density at radius 3 is 2.64 bits per heavy atom. The van der Waals surface area contributed by atoms with Crippen molar-refractivity contribution in [2.45, 2.75) is 50.7 Å². The number of nitrogens with zero attached hydrogens (tertiary/aromatic N) is 3. The number of alkyl carbamates (subject to hydrolysis) is 1.